The fourth-order valence-electron chi connectivity index (χ4n) is 2.56. The van der Waals surface area contributed by atoms with Crippen molar-refractivity contribution in [3.8, 4) is 5.75 Å². The SMILES string of the molecule is C/C=C\S/C(=C\C)c1cc(OCCOC)c2cc(NC(=O)/C(C=N)=C/N)ccc2n1. The Morgan fingerprint density at radius 2 is 2.10 bits per heavy atom. The number of nitrogens with one attached hydrogen (secondary N) is 2. The first-order valence-electron chi connectivity index (χ1n) is 9.32. The molecular formula is C22H26N4O3S. The number of aromatic nitrogens is 1. The van der Waals surface area contributed by atoms with E-state index >= 15 is 0 Å². The maximum absolute atomic E-state index is 12.2. The Morgan fingerprint density at radius 3 is 2.73 bits per heavy atom. The van der Waals surface area contributed by atoms with Gasteiger partial charge in [0.05, 0.1) is 23.4 Å². The van der Waals surface area contributed by atoms with E-state index in [-0.39, 0.29) is 5.57 Å². The number of hydrogen-bond acceptors (Lipinski definition) is 7. The molecule has 8 heteroatoms. The molecule has 0 bridgehead atoms. The van der Waals surface area contributed by atoms with Crippen LogP contribution in [0.1, 0.15) is 19.5 Å². The lowest BCUT2D eigenvalue weighted by molar-refractivity contribution is -0.112. The Hall–Kier alpha value is -3.10. The molecule has 0 saturated heterocycles. The summed E-state index contributed by atoms with van der Waals surface area (Å²) in [5, 5.41) is 12.7. The normalized spacial score (nSPS) is 12.4. The summed E-state index contributed by atoms with van der Waals surface area (Å²) in [6.07, 6.45) is 5.98. The molecule has 0 atom stereocenters. The quantitative estimate of drug-likeness (QED) is 0.296. The van der Waals surface area contributed by atoms with Gasteiger partial charge in [-0.25, -0.2) is 4.98 Å². The molecule has 0 fully saturated rings. The second-order valence-electron chi connectivity index (χ2n) is 6.04. The third-order valence-corrected chi connectivity index (χ3v) is 5.12. The van der Waals surface area contributed by atoms with Crippen molar-refractivity contribution in [1.82, 2.24) is 4.98 Å². The van der Waals surface area contributed by atoms with Crippen LogP contribution < -0.4 is 15.8 Å². The average molecular weight is 427 g/mol. The van der Waals surface area contributed by atoms with E-state index in [4.69, 9.17) is 25.6 Å². The van der Waals surface area contributed by atoms with E-state index in [1.54, 1.807) is 31.0 Å². The van der Waals surface area contributed by atoms with E-state index in [0.29, 0.717) is 24.7 Å². The van der Waals surface area contributed by atoms with Gasteiger partial charge in [0.15, 0.2) is 0 Å². The summed E-state index contributed by atoms with van der Waals surface area (Å²) in [5.74, 6) is 0.183. The number of fused-ring (bicyclic) bond motifs is 1. The highest BCUT2D eigenvalue weighted by Crippen LogP contribution is 2.34. The van der Waals surface area contributed by atoms with Gasteiger partial charge >= 0.3 is 0 Å². The number of nitrogens with two attached hydrogens (primary N) is 1. The Labute approximate surface area is 180 Å². The van der Waals surface area contributed by atoms with Crippen LogP contribution >= 0.6 is 11.8 Å². The summed E-state index contributed by atoms with van der Waals surface area (Å²) >= 11 is 1.58. The first-order valence-corrected chi connectivity index (χ1v) is 10.2. The summed E-state index contributed by atoms with van der Waals surface area (Å²) in [6.45, 7) is 4.76. The third-order valence-electron chi connectivity index (χ3n) is 4.02. The number of allylic oxidation sites excluding steroid dienone is 2. The van der Waals surface area contributed by atoms with Crippen molar-refractivity contribution in [3.63, 3.8) is 0 Å². The van der Waals surface area contributed by atoms with E-state index in [2.05, 4.69) is 5.32 Å². The van der Waals surface area contributed by atoms with Crippen LogP contribution in [0.2, 0.25) is 0 Å². The zero-order valence-corrected chi connectivity index (χ0v) is 18.1. The summed E-state index contributed by atoms with van der Waals surface area (Å²) < 4.78 is 11.0. The molecular weight excluding hydrogens is 400 g/mol. The van der Waals surface area contributed by atoms with Gasteiger partial charge < -0.3 is 25.9 Å². The number of carbonyl (C=O) groups excluding carboxylic acids is 1. The highest BCUT2D eigenvalue weighted by Gasteiger charge is 2.13. The maximum Gasteiger partial charge on any atom is 0.258 e. The van der Waals surface area contributed by atoms with E-state index < -0.39 is 5.91 Å². The first kappa shape index (κ1) is 23.2. The van der Waals surface area contributed by atoms with E-state index in [1.165, 1.54) is 0 Å². The minimum atomic E-state index is -0.461. The maximum atomic E-state index is 12.2. The van der Waals surface area contributed by atoms with Crippen molar-refractivity contribution in [2.24, 2.45) is 5.73 Å². The minimum Gasteiger partial charge on any atom is -0.490 e. The zero-order chi connectivity index (χ0) is 21.9. The highest BCUT2D eigenvalue weighted by molar-refractivity contribution is 8.10. The summed E-state index contributed by atoms with van der Waals surface area (Å²) in [7, 11) is 1.62. The molecule has 1 amide bonds. The predicted octanol–water partition coefficient (Wildman–Crippen LogP) is 4.32. The van der Waals surface area contributed by atoms with Crippen LogP contribution in [0.3, 0.4) is 0 Å². The van der Waals surface area contributed by atoms with Crippen molar-refractivity contribution in [1.29, 1.82) is 5.41 Å². The molecule has 158 valence electrons. The molecule has 1 heterocycles. The highest BCUT2D eigenvalue weighted by atomic mass is 32.2. The van der Waals surface area contributed by atoms with Gasteiger partial charge in [-0.15, -0.1) is 0 Å². The minimum absolute atomic E-state index is 0.0684. The number of hydrogen-bond donors (Lipinski definition) is 3. The molecule has 1 aromatic carbocycles. The number of thioether (sulfide) groups is 1. The number of benzene rings is 1. The second kappa shape index (κ2) is 11.8. The molecule has 30 heavy (non-hydrogen) atoms. The van der Waals surface area contributed by atoms with Crippen LogP contribution in [0.4, 0.5) is 5.69 Å². The van der Waals surface area contributed by atoms with E-state index in [9.17, 15) is 4.79 Å². The molecule has 2 rings (SSSR count). The lowest BCUT2D eigenvalue weighted by Crippen LogP contribution is -2.16. The van der Waals surface area contributed by atoms with Gasteiger partial charge in [-0.3, -0.25) is 4.79 Å². The summed E-state index contributed by atoms with van der Waals surface area (Å²) in [6, 6.07) is 7.25. The third kappa shape index (κ3) is 5.95. The molecule has 2 aromatic rings. The fraction of sp³-hybridized carbons (Fsp3) is 0.227. The Balaban J connectivity index is 2.49. The molecule has 0 unspecified atom stereocenters. The van der Waals surface area contributed by atoms with Crippen molar-refractivity contribution in [2.75, 3.05) is 25.6 Å². The zero-order valence-electron chi connectivity index (χ0n) is 17.3. The number of nitrogens with zero attached hydrogens (tertiary/aromatic N) is 1. The number of pyridine rings is 1. The molecule has 0 spiro atoms. The molecule has 7 nitrogen and oxygen atoms in total. The molecule has 1 aromatic heterocycles. The lowest BCUT2D eigenvalue weighted by atomic mass is 10.1. The largest absolute Gasteiger partial charge is 0.490 e. The molecule has 0 aliphatic rings. The number of carbonyl (C=O) groups is 1. The standard InChI is InChI=1S/C22H26N4O3S/c1-4-10-30-21(5-2)19-12-20(29-9-8-28-3)17-11-16(6-7-18(17)26-19)25-22(27)15(13-23)14-24/h4-7,10-14,23H,8-9,24H2,1-3H3,(H,25,27)/b10-4-,15-14+,21-5-,23-13?. The van der Waals surface area contributed by atoms with Crippen LogP contribution in [-0.2, 0) is 9.53 Å². The molecule has 0 aliphatic heterocycles. The lowest BCUT2D eigenvalue weighted by Gasteiger charge is -2.14. The van der Waals surface area contributed by atoms with Crippen LogP contribution in [0.25, 0.3) is 15.8 Å². The van der Waals surface area contributed by atoms with Crippen LogP contribution in [0.5, 0.6) is 5.75 Å². The molecule has 0 aliphatic carbocycles. The fourth-order valence-corrected chi connectivity index (χ4v) is 3.21. The average Bonchev–Trinajstić information content (AvgIpc) is 2.75. The Bertz CT molecular complexity index is 999. The predicted molar refractivity (Wildman–Crippen MR) is 125 cm³/mol. The Morgan fingerprint density at radius 1 is 1.30 bits per heavy atom. The van der Waals surface area contributed by atoms with Crippen molar-refractivity contribution in [3.05, 3.63) is 59.3 Å². The number of anilines is 1. The first-order chi connectivity index (χ1) is 14.6. The van der Waals surface area contributed by atoms with Crippen molar-refractivity contribution < 1.29 is 14.3 Å². The molecule has 0 saturated carbocycles. The Kier molecular flexibility index (Phi) is 9.11. The van der Waals surface area contributed by atoms with Gasteiger partial charge in [-0.2, -0.15) is 0 Å². The van der Waals surface area contributed by atoms with Gasteiger partial charge in [0.2, 0.25) is 0 Å². The van der Waals surface area contributed by atoms with Gasteiger partial charge in [-0.05, 0) is 37.5 Å². The van der Waals surface area contributed by atoms with Crippen molar-refractivity contribution >= 4 is 45.4 Å². The van der Waals surface area contributed by atoms with Crippen LogP contribution in [-0.4, -0.2) is 37.4 Å². The van der Waals surface area contributed by atoms with Crippen molar-refractivity contribution in [2.45, 2.75) is 13.8 Å². The van der Waals surface area contributed by atoms with Gasteiger partial charge in [0.1, 0.15) is 12.4 Å². The van der Waals surface area contributed by atoms with Crippen LogP contribution in [0, 0.1) is 5.41 Å². The monoisotopic (exact) mass is 426 g/mol. The number of ether oxygens (including phenoxy) is 2. The number of amides is 1. The van der Waals surface area contributed by atoms with Crippen LogP contribution in [0.15, 0.2) is 53.6 Å². The number of rotatable bonds is 10. The summed E-state index contributed by atoms with van der Waals surface area (Å²) in [4.78, 5) is 18.0. The molecule has 0 radical (unpaired) electrons. The van der Waals surface area contributed by atoms with Gasteiger partial charge in [-0.1, -0.05) is 23.9 Å². The molecule has 4 N–H and O–H groups in total. The van der Waals surface area contributed by atoms with E-state index in [0.717, 1.165) is 33.9 Å². The van der Waals surface area contributed by atoms with Gasteiger partial charge in [0.25, 0.3) is 5.91 Å². The number of methoxy groups -OCH3 is 1. The van der Waals surface area contributed by atoms with E-state index in [1.807, 2.05) is 43.5 Å². The second-order valence-corrected chi connectivity index (χ2v) is 6.99. The summed E-state index contributed by atoms with van der Waals surface area (Å²) in [5.41, 5.74) is 7.54. The smallest absolute Gasteiger partial charge is 0.258 e. The topological polar surface area (TPSA) is 110 Å². The van der Waals surface area contributed by atoms with Gasteiger partial charge in [0, 0.05) is 41.6 Å².